The lowest BCUT2D eigenvalue weighted by Gasteiger charge is -2.31. The summed E-state index contributed by atoms with van der Waals surface area (Å²) in [5.74, 6) is 0.679. The lowest BCUT2D eigenvalue weighted by atomic mass is 10.1. The number of nitrogens with one attached hydrogen (secondary N) is 2. The van der Waals surface area contributed by atoms with Gasteiger partial charge in [0, 0.05) is 32.6 Å². The lowest BCUT2D eigenvalue weighted by molar-refractivity contribution is -0.138. The van der Waals surface area contributed by atoms with Crippen molar-refractivity contribution in [2.75, 3.05) is 20.1 Å². The Morgan fingerprint density at radius 2 is 1.97 bits per heavy atom. The van der Waals surface area contributed by atoms with E-state index in [1.807, 2.05) is 6.92 Å². The molecule has 1 unspecified atom stereocenters. The summed E-state index contributed by atoms with van der Waals surface area (Å²) in [7, 11) is 1.73. The lowest BCUT2D eigenvalue weighted by Crippen LogP contribution is -2.51. The van der Waals surface area contributed by atoms with Crippen LogP contribution in [0.4, 0.5) is 13.2 Å². The van der Waals surface area contributed by atoms with Crippen LogP contribution in [0.3, 0.4) is 0 Å². The summed E-state index contributed by atoms with van der Waals surface area (Å²) in [5, 5.41) is 6.27. The zero-order valence-electron chi connectivity index (χ0n) is 18.6. The van der Waals surface area contributed by atoms with Gasteiger partial charge in [-0.15, -0.1) is 24.0 Å². The van der Waals surface area contributed by atoms with Crippen LogP contribution in [0.25, 0.3) is 0 Å². The van der Waals surface area contributed by atoms with E-state index < -0.39 is 17.3 Å². The number of likely N-dealkylation sites (N-methyl/N-ethyl adjacent to an activating group) is 1. The molecule has 1 aromatic rings. The van der Waals surface area contributed by atoms with Gasteiger partial charge in [0.25, 0.3) is 0 Å². The first-order valence-corrected chi connectivity index (χ1v) is 10.1. The Morgan fingerprint density at radius 1 is 1.29 bits per heavy atom. The second-order valence-corrected chi connectivity index (χ2v) is 8.38. The van der Waals surface area contributed by atoms with Crippen LogP contribution in [0.1, 0.15) is 51.7 Å². The van der Waals surface area contributed by atoms with Crippen LogP contribution in [-0.4, -0.2) is 48.5 Å². The number of hydrogen-bond donors (Lipinski definition) is 2. The number of nitrogens with zero attached hydrogens (tertiary/aromatic N) is 2. The minimum atomic E-state index is -4.51. The van der Waals surface area contributed by atoms with Crippen molar-refractivity contribution in [2.45, 2.75) is 64.9 Å². The van der Waals surface area contributed by atoms with E-state index in [2.05, 4.69) is 15.6 Å². The van der Waals surface area contributed by atoms with Gasteiger partial charge in [0.2, 0.25) is 5.91 Å². The molecule has 1 amide bonds. The predicted octanol–water partition coefficient (Wildman–Crippen LogP) is 4.18. The molecule has 1 atom stereocenters. The van der Waals surface area contributed by atoms with Crippen LogP contribution >= 0.6 is 24.0 Å². The fourth-order valence-corrected chi connectivity index (χ4v) is 3.18. The Bertz CT molecular complexity index is 779. The zero-order chi connectivity index (χ0) is 22.5. The predicted molar refractivity (Wildman–Crippen MR) is 126 cm³/mol. The van der Waals surface area contributed by atoms with Crippen LogP contribution in [0.5, 0.6) is 5.75 Å². The van der Waals surface area contributed by atoms with Gasteiger partial charge < -0.3 is 20.3 Å². The molecule has 1 heterocycles. The van der Waals surface area contributed by atoms with E-state index in [-0.39, 0.29) is 53.8 Å². The molecule has 0 aromatic heterocycles. The SMILES string of the molecule is CCNC(=NCc1ccc(OC(C)(C)C)cc1C(F)(F)F)NC1CCC(=O)N(C)C1.I. The number of rotatable bonds is 5. The molecule has 2 N–H and O–H groups in total. The van der Waals surface area contributed by atoms with Crippen molar-refractivity contribution in [1.82, 2.24) is 15.5 Å². The molecule has 0 spiro atoms. The minimum Gasteiger partial charge on any atom is -0.488 e. The van der Waals surface area contributed by atoms with Crippen molar-refractivity contribution in [1.29, 1.82) is 0 Å². The van der Waals surface area contributed by atoms with Crippen LogP contribution in [0.15, 0.2) is 23.2 Å². The smallest absolute Gasteiger partial charge is 0.416 e. The van der Waals surface area contributed by atoms with Crippen molar-refractivity contribution in [3.8, 4) is 5.75 Å². The molecule has 0 saturated carbocycles. The Morgan fingerprint density at radius 3 is 2.52 bits per heavy atom. The number of carbonyl (C=O) groups is 1. The van der Waals surface area contributed by atoms with Gasteiger partial charge >= 0.3 is 6.18 Å². The number of ether oxygens (including phenoxy) is 1. The second kappa shape index (κ2) is 11.2. The summed E-state index contributed by atoms with van der Waals surface area (Å²) in [6.45, 7) is 8.18. The molecule has 1 aromatic carbocycles. The molecular weight excluding hydrogens is 524 g/mol. The summed E-state index contributed by atoms with van der Waals surface area (Å²) in [6.07, 6.45) is -3.43. The maximum absolute atomic E-state index is 13.6. The van der Waals surface area contributed by atoms with Crippen LogP contribution < -0.4 is 15.4 Å². The fraction of sp³-hybridized carbons (Fsp3) is 0.619. The van der Waals surface area contributed by atoms with E-state index in [4.69, 9.17) is 4.74 Å². The molecular formula is C21H32F3IN4O2. The number of halogens is 4. The highest BCUT2D eigenvalue weighted by Crippen LogP contribution is 2.35. The first kappa shape index (κ1) is 27.3. The van der Waals surface area contributed by atoms with Gasteiger partial charge in [-0.05, 0) is 51.8 Å². The number of carbonyl (C=O) groups excluding carboxylic acids is 1. The molecule has 10 heteroatoms. The normalized spacial score (nSPS) is 17.8. The highest BCUT2D eigenvalue weighted by atomic mass is 127. The Kier molecular flexibility index (Phi) is 9.90. The van der Waals surface area contributed by atoms with Gasteiger partial charge in [-0.1, -0.05) is 6.07 Å². The van der Waals surface area contributed by atoms with E-state index in [9.17, 15) is 18.0 Å². The minimum absolute atomic E-state index is 0. The van der Waals surface area contributed by atoms with E-state index >= 15 is 0 Å². The summed E-state index contributed by atoms with van der Waals surface area (Å²) >= 11 is 0. The van der Waals surface area contributed by atoms with Crippen LogP contribution in [0.2, 0.25) is 0 Å². The number of likely N-dealkylation sites (tertiary alicyclic amines) is 1. The summed E-state index contributed by atoms with van der Waals surface area (Å²) in [4.78, 5) is 17.6. The maximum atomic E-state index is 13.6. The zero-order valence-corrected chi connectivity index (χ0v) is 20.9. The number of piperidine rings is 1. The van der Waals surface area contributed by atoms with E-state index in [1.165, 1.54) is 12.1 Å². The first-order chi connectivity index (χ1) is 13.9. The summed E-state index contributed by atoms with van der Waals surface area (Å²) in [6, 6.07) is 3.96. The number of hydrogen-bond acceptors (Lipinski definition) is 3. The fourth-order valence-electron chi connectivity index (χ4n) is 3.18. The Balaban J connectivity index is 0.00000480. The van der Waals surface area contributed by atoms with E-state index in [0.29, 0.717) is 31.9 Å². The van der Waals surface area contributed by atoms with Gasteiger partial charge in [-0.25, -0.2) is 4.99 Å². The molecule has 1 saturated heterocycles. The maximum Gasteiger partial charge on any atom is 0.416 e. The van der Waals surface area contributed by atoms with Crippen molar-refractivity contribution >= 4 is 35.8 Å². The van der Waals surface area contributed by atoms with E-state index in [1.54, 1.807) is 32.7 Å². The van der Waals surface area contributed by atoms with Crippen LogP contribution in [0, 0.1) is 0 Å². The molecule has 0 radical (unpaired) electrons. The highest BCUT2D eigenvalue weighted by Gasteiger charge is 2.34. The van der Waals surface area contributed by atoms with Gasteiger partial charge in [0.05, 0.1) is 12.1 Å². The molecule has 6 nitrogen and oxygen atoms in total. The topological polar surface area (TPSA) is 66.0 Å². The van der Waals surface area contributed by atoms with Crippen molar-refractivity contribution < 1.29 is 22.7 Å². The third kappa shape index (κ3) is 8.74. The van der Waals surface area contributed by atoms with Gasteiger partial charge in [0.1, 0.15) is 11.4 Å². The molecule has 2 rings (SSSR count). The average molecular weight is 556 g/mol. The molecule has 1 aliphatic heterocycles. The van der Waals surface area contributed by atoms with Crippen molar-refractivity contribution in [2.24, 2.45) is 4.99 Å². The highest BCUT2D eigenvalue weighted by molar-refractivity contribution is 14.0. The van der Waals surface area contributed by atoms with Gasteiger partial charge in [-0.2, -0.15) is 13.2 Å². The third-order valence-electron chi connectivity index (χ3n) is 4.53. The quantitative estimate of drug-likeness (QED) is 0.325. The number of benzene rings is 1. The molecule has 1 aliphatic rings. The van der Waals surface area contributed by atoms with Gasteiger partial charge in [0.15, 0.2) is 5.96 Å². The standard InChI is InChI=1S/C21H31F3N4O2.HI/c1-6-25-19(27-15-8-10-18(29)28(5)13-15)26-12-14-7-9-16(30-20(2,3)4)11-17(14)21(22,23)24;/h7,9,11,15H,6,8,10,12-13H2,1-5H3,(H2,25,26,27);1H. The van der Waals surface area contributed by atoms with E-state index in [0.717, 1.165) is 6.07 Å². The van der Waals surface area contributed by atoms with Crippen molar-refractivity contribution in [3.63, 3.8) is 0 Å². The molecule has 31 heavy (non-hydrogen) atoms. The molecule has 176 valence electrons. The molecule has 0 aliphatic carbocycles. The van der Waals surface area contributed by atoms with Crippen LogP contribution in [-0.2, 0) is 17.5 Å². The number of guanidine groups is 1. The van der Waals surface area contributed by atoms with Gasteiger partial charge in [-0.3, -0.25) is 4.79 Å². The first-order valence-electron chi connectivity index (χ1n) is 10.1. The largest absolute Gasteiger partial charge is 0.488 e. The molecule has 1 fully saturated rings. The summed E-state index contributed by atoms with van der Waals surface area (Å²) < 4.78 is 46.4. The third-order valence-corrected chi connectivity index (χ3v) is 4.53. The Hall–Kier alpha value is -1.72. The number of aliphatic imine (C=N–C) groups is 1. The second-order valence-electron chi connectivity index (χ2n) is 8.38. The monoisotopic (exact) mass is 556 g/mol. The Labute approximate surface area is 199 Å². The average Bonchev–Trinajstić information content (AvgIpc) is 2.61. The summed E-state index contributed by atoms with van der Waals surface area (Å²) in [5.41, 5.74) is -1.29. The number of amides is 1. The van der Waals surface area contributed by atoms with Crippen molar-refractivity contribution in [3.05, 3.63) is 29.3 Å². The molecule has 0 bridgehead atoms. The number of alkyl halides is 3.